The molecular formula is C14H21NO2. The molecule has 1 aromatic rings. The Labute approximate surface area is 103 Å². The molecule has 0 amide bonds. The second-order valence-electron chi connectivity index (χ2n) is 4.87. The molecule has 0 aromatic heterocycles. The second-order valence-corrected chi connectivity index (χ2v) is 4.87. The van der Waals surface area contributed by atoms with Crippen molar-refractivity contribution < 1.29 is 10.2 Å². The number of nitrogens with zero attached hydrogens (tertiary/aromatic N) is 1. The van der Waals surface area contributed by atoms with Crippen LogP contribution < -0.4 is 4.90 Å². The Morgan fingerprint density at radius 3 is 2.88 bits per heavy atom. The topological polar surface area (TPSA) is 43.7 Å². The molecule has 1 aliphatic rings. The molecule has 0 radical (unpaired) electrons. The SMILES string of the molecule is C[C@H](O)c1ccccc1N1CCCC(CO)C1. The van der Waals surface area contributed by atoms with Gasteiger partial charge in [-0.05, 0) is 31.7 Å². The maximum absolute atomic E-state index is 9.78. The fourth-order valence-electron chi connectivity index (χ4n) is 2.56. The number of aliphatic hydroxyl groups excluding tert-OH is 2. The summed E-state index contributed by atoms with van der Waals surface area (Å²) in [5.74, 6) is 0.366. The first-order valence-electron chi connectivity index (χ1n) is 6.35. The third-order valence-electron chi connectivity index (χ3n) is 3.50. The zero-order valence-electron chi connectivity index (χ0n) is 10.3. The molecule has 0 aliphatic carbocycles. The standard InChI is InChI=1S/C14H21NO2/c1-11(17)13-6-2-3-7-14(13)15-8-4-5-12(9-15)10-16/h2-3,6-7,11-12,16-17H,4-5,8-10H2,1H3/t11-,12?/m0/s1. The molecule has 1 saturated heterocycles. The summed E-state index contributed by atoms with van der Waals surface area (Å²) in [4.78, 5) is 2.28. The van der Waals surface area contributed by atoms with Gasteiger partial charge in [0.15, 0.2) is 0 Å². The highest BCUT2D eigenvalue weighted by Crippen LogP contribution is 2.29. The molecule has 94 valence electrons. The van der Waals surface area contributed by atoms with Crippen LogP contribution in [-0.4, -0.2) is 29.9 Å². The summed E-state index contributed by atoms with van der Waals surface area (Å²) in [7, 11) is 0. The van der Waals surface area contributed by atoms with Crippen molar-refractivity contribution in [3.63, 3.8) is 0 Å². The van der Waals surface area contributed by atoms with Gasteiger partial charge in [-0.25, -0.2) is 0 Å². The van der Waals surface area contributed by atoms with E-state index in [1.807, 2.05) is 18.2 Å². The van der Waals surface area contributed by atoms with Crippen molar-refractivity contribution in [1.82, 2.24) is 0 Å². The highest BCUT2D eigenvalue weighted by molar-refractivity contribution is 5.54. The van der Waals surface area contributed by atoms with Crippen LogP contribution in [0.1, 0.15) is 31.4 Å². The molecule has 0 saturated carbocycles. The Morgan fingerprint density at radius 1 is 1.41 bits per heavy atom. The normalized spacial score (nSPS) is 22.5. The van der Waals surface area contributed by atoms with Gasteiger partial charge in [-0.15, -0.1) is 0 Å². The number of benzene rings is 1. The molecule has 2 rings (SSSR count). The van der Waals surface area contributed by atoms with Gasteiger partial charge in [-0.3, -0.25) is 0 Å². The molecule has 3 nitrogen and oxygen atoms in total. The highest BCUT2D eigenvalue weighted by atomic mass is 16.3. The van der Waals surface area contributed by atoms with Crippen molar-refractivity contribution >= 4 is 5.69 Å². The van der Waals surface area contributed by atoms with Crippen LogP contribution >= 0.6 is 0 Å². The summed E-state index contributed by atoms with van der Waals surface area (Å²) >= 11 is 0. The molecule has 1 unspecified atom stereocenters. The van der Waals surface area contributed by atoms with Gasteiger partial charge in [-0.2, -0.15) is 0 Å². The van der Waals surface area contributed by atoms with E-state index in [1.54, 1.807) is 6.92 Å². The van der Waals surface area contributed by atoms with E-state index in [2.05, 4.69) is 11.0 Å². The summed E-state index contributed by atoms with van der Waals surface area (Å²) in [5, 5.41) is 19.0. The number of aliphatic hydroxyl groups is 2. The number of rotatable bonds is 3. The van der Waals surface area contributed by atoms with Crippen molar-refractivity contribution in [1.29, 1.82) is 0 Å². The lowest BCUT2D eigenvalue weighted by Gasteiger charge is -2.35. The van der Waals surface area contributed by atoms with Gasteiger partial charge in [0.2, 0.25) is 0 Å². The first-order chi connectivity index (χ1) is 8.22. The van der Waals surface area contributed by atoms with E-state index >= 15 is 0 Å². The van der Waals surface area contributed by atoms with Gasteiger partial charge in [-0.1, -0.05) is 18.2 Å². The van der Waals surface area contributed by atoms with Crippen molar-refractivity contribution in [2.24, 2.45) is 5.92 Å². The van der Waals surface area contributed by atoms with E-state index in [1.165, 1.54) is 0 Å². The minimum absolute atomic E-state index is 0.257. The monoisotopic (exact) mass is 235 g/mol. The van der Waals surface area contributed by atoms with Gasteiger partial charge < -0.3 is 15.1 Å². The van der Waals surface area contributed by atoms with E-state index in [-0.39, 0.29) is 6.61 Å². The Balaban J connectivity index is 2.21. The third-order valence-corrected chi connectivity index (χ3v) is 3.50. The van der Waals surface area contributed by atoms with E-state index in [9.17, 15) is 10.2 Å². The van der Waals surface area contributed by atoms with Crippen LogP contribution in [0.25, 0.3) is 0 Å². The van der Waals surface area contributed by atoms with Gasteiger partial charge >= 0.3 is 0 Å². The second kappa shape index (κ2) is 5.52. The summed E-state index contributed by atoms with van der Waals surface area (Å²) in [6, 6.07) is 7.99. The average Bonchev–Trinajstić information content (AvgIpc) is 2.39. The van der Waals surface area contributed by atoms with Crippen molar-refractivity contribution in [2.45, 2.75) is 25.9 Å². The first-order valence-corrected chi connectivity index (χ1v) is 6.35. The minimum atomic E-state index is -0.444. The lowest BCUT2D eigenvalue weighted by atomic mass is 9.97. The van der Waals surface area contributed by atoms with Crippen molar-refractivity contribution in [3.8, 4) is 0 Å². The molecule has 1 aliphatic heterocycles. The molecule has 0 spiro atoms. The molecule has 2 N–H and O–H groups in total. The number of para-hydroxylation sites is 1. The minimum Gasteiger partial charge on any atom is -0.396 e. The van der Waals surface area contributed by atoms with Crippen LogP contribution in [0.2, 0.25) is 0 Å². The largest absolute Gasteiger partial charge is 0.396 e. The summed E-state index contributed by atoms with van der Waals surface area (Å²) in [6.07, 6.45) is 1.77. The molecule has 2 atom stereocenters. The highest BCUT2D eigenvalue weighted by Gasteiger charge is 2.21. The van der Waals surface area contributed by atoms with Crippen LogP contribution in [0.3, 0.4) is 0 Å². The molecular weight excluding hydrogens is 214 g/mol. The van der Waals surface area contributed by atoms with Crippen LogP contribution in [-0.2, 0) is 0 Å². The van der Waals surface area contributed by atoms with E-state index < -0.39 is 6.10 Å². The fourth-order valence-corrected chi connectivity index (χ4v) is 2.56. The maximum atomic E-state index is 9.78. The third kappa shape index (κ3) is 2.79. The Hall–Kier alpha value is -1.06. The van der Waals surface area contributed by atoms with Crippen LogP contribution in [0.15, 0.2) is 24.3 Å². The molecule has 3 heteroatoms. The van der Waals surface area contributed by atoms with Crippen LogP contribution in [0, 0.1) is 5.92 Å². The van der Waals surface area contributed by atoms with E-state index in [4.69, 9.17) is 0 Å². The lowest BCUT2D eigenvalue weighted by molar-refractivity contribution is 0.197. The molecule has 1 aromatic carbocycles. The van der Waals surface area contributed by atoms with Crippen molar-refractivity contribution in [3.05, 3.63) is 29.8 Å². The summed E-state index contributed by atoms with van der Waals surface area (Å²) in [6.45, 7) is 3.96. The Morgan fingerprint density at radius 2 is 2.18 bits per heavy atom. The number of piperidine rings is 1. The number of anilines is 1. The molecule has 17 heavy (non-hydrogen) atoms. The zero-order chi connectivity index (χ0) is 12.3. The van der Waals surface area contributed by atoms with Gasteiger partial charge in [0.1, 0.15) is 0 Å². The quantitative estimate of drug-likeness (QED) is 0.841. The Bertz CT molecular complexity index is 365. The van der Waals surface area contributed by atoms with Gasteiger partial charge in [0.25, 0.3) is 0 Å². The smallest absolute Gasteiger partial charge is 0.0781 e. The fraction of sp³-hybridized carbons (Fsp3) is 0.571. The zero-order valence-corrected chi connectivity index (χ0v) is 10.3. The number of hydrogen-bond donors (Lipinski definition) is 2. The summed E-state index contributed by atoms with van der Waals surface area (Å²) in [5.41, 5.74) is 2.09. The summed E-state index contributed by atoms with van der Waals surface area (Å²) < 4.78 is 0. The Kier molecular flexibility index (Phi) is 4.02. The van der Waals surface area contributed by atoms with Crippen molar-refractivity contribution in [2.75, 3.05) is 24.6 Å². The molecule has 1 fully saturated rings. The molecule has 1 heterocycles. The van der Waals surface area contributed by atoms with E-state index in [0.29, 0.717) is 5.92 Å². The van der Waals surface area contributed by atoms with Crippen LogP contribution in [0.4, 0.5) is 5.69 Å². The predicted octanol–water partition coefficient (Wildman–Crippen LogP) is 1.95. The average molecular weight is 235 g/mol. The first kappa shape index (κ1) is 12.4. The van der Waals surface area contributed by atoms with Gasteiger partial charge in [0, 0.05) is 30.9 Å². The number of hydrogen-bond acceptors (Lipinski definition) is 3. The lowest BCUT2D eigenvalue weighted by Crippen LogP contribution is -2.37. The molecule has 0 bridgehead atoms. The predicted molar refractivity (Wildman–Crippen MR) is 69.1 cm³/mol. The van der Waals surface area contributed by atoms with Gasteiger partial charge in [0.05, 0.1) is 6.10 Å². The maximum Gasteiger partial charge on any atom is 0.0781 e. The van der Waals surface area contributed by atoms with E-state index in [0.717, 1.165) is 37.2 Å². The van der Waals surface area contributed by atoms with Crippen LogP contribution in [0.5, 0.6) is 0 Å².